The number of carbonyl (C=O) groups is 2. The molecular weight excluding hydrogens is 324 g/mol. The number of nitrogens with one attached hydrogen (secondary N) is 1. The number of amides is 1. The van der Waals surface area contributed by atoms with Crippen LogP contribution in [-0.4, -0.2) is 62.5 Å². The largest absolute Gasteiger partial charge is 0.465 e. The average molecular weight is 348 g/mol. The quantitative estimate of drug-likeness (QED) is 0.815. The molecule has 1 N–H and O–H groups in total. The van der Waals surface area contributed by atoms with Crippen LogP contribution in [0.5, 0.6) is 0 Å². The molecule has 3 rings (SSSR count). The second kappa shape index (κ2) is 8.42. The SMILES string of the molecule is COC(=O)c1cccc(NC(=O)CN2CCCC[C@H]2C2OCCO2)c1. The van der Waals surface area contributed by atoms with Crippen molar-refractivity contribution in [2.75, 3.05) is 38.7 Å². The number of ether oxygens (including phenoxy) is 3. The molecule has 0 unspecified atom stereocenters. The highest BCUT2D eigenvalue weighted by Crippen LogP contribution is 2.24. The number of benzene rings is 1. The highest BCUT2D eigenvalue weighted by molar-refractivity contribution is 5.95. The number of methoxy groups -OCH3 is 1. The summed E-state index contributed by atoms with van der Waals surface area (Å²) in [6.45, 7) is 2.35. The van der Waals surface area contributed by atoms with E-state index in [1.54, 1.807) is 24.3 Å². The first-order chi connectivity index (χ1) is 12.2. The molecule has 2 aliphatic heterocycles. The Morgan fingerprint density at radius 1 is 1.28 bits per heavy atom. The Morgan fingerprint density at radius 2 is 2.08 bits per heavy atom. The maximum absolute atomic E-state index is 12.4. The minimum absolute atomic E-state index is 0.114. The van der Waals surface area contributed by atoms with Crippen LogP contribution in [0.3, 0.4) is 0 Å². The summed E-state index contributed by atoms with van der Waals surface area (Å²) < 4.78 is 16.0. The molecule has 0 radical (unpaired) electrons. The number of esters is 1. The number of hydrogen-bond donors (Lipinski definition) is 1. The molecule has 2 aliphatic rings. The van der Waals surface area contributed by atoms with Gasteiger partial charge in [-0.15, -0.1) is 0 Å². The number of nitrogens with zero attached hydrogens (tertiary/aromatic N) is 1. The van der Waals surface area contributed by atoms with E-state index in [1.807, 2.05) is 0 Å². The Labute approximate surface area is 147 Å². The Bertz CT molecular complexity index is 615. The first-order valence-electron chi connectivity index (χ1n) is 8.63. The minimum Gasteiger partial charge on any atom is -0.465 e. The van der Waals surface area contributed by atoms with Crippen molar-refractivity contribution in [3.63, 3.8) is 0 Å². The lowest BCUT2D eigenvalue weighted by molar-refractivity contribution is -0.127. The zero-order valence-electron chi connectivity index (χ0n) is 14.4. The molecule has 2 saturated heterocycles. The zero-order valence-corrected chi connectivity index (χ0v) is 14.4. The number of anilines is 1. The van der Waals surface area contributed by atoms with E-state index in [4.69, 9.17) is 14.2 Å². The van der Waals surface area contributed by atoms with Crippen LogP contribution in [0.25, 0.3) is 0 Å². The van der Waals surface area contributed by atoms with Crippen LogP contribution in [0.15, 0.2) is 24.3 Å². The van der Waals surface area contributed by atoms with Gasteiger partial charge in [-0.25, -0.2) is 4.79 Å². The molecule has 25 heavy (non-hydrogen) atoms. The summed E-state index contributed by atoms with van der Waals surface area (Å²) >= 11 is 0. The number of carbonyl (C=O) groups excluding carboxylic acids is 2. The van der Waals surface area contributed by atoms with Gasteiger partial charge in [-0.2, -0.15) is 0 Å². The lowest BCUT2D eigenvalue weighted by Gasteiger charge is -2.37. The Kier molecular flexibility index (Phi) is 6.01. The topological polar surface area (TPSA) is 77.1 Å². The van der Waals surface area contributed by atoms with E-state index in [-0.39, 0.29) is 24.8 Å². The third-order valence-electron chi connectivity index (χ3n) is 4.54. The molecule has 2 heterocycles. The van der Waals surface area contributed by atoms with E-state index in [0.717, 1.165) is 25.8 Å². The van der Waals surface area contributed by atoms with E-state index >= 15 is 0 Å². The lowest BCUT2D eigenvalue weighted by atomic mass is 10.0. The van der Waals surface area contributed by atoms with Gasteiger partial charge in [-0.05, 0) is 37.6 Å². The summed E-state index contributed by atoms with van der Waals surface area (Å²) in [7, 11) is 1.33. The highest BCUT2D eigenvalue weighted by Gasteiger charge is 2.34. The summed E-state index contributed by atoms with van der Waals surface area (Å²) in [6.07, 6.45) is 2.91. The second-order valence-electron chi connectivity index (χ2n) is 6.26. The summed E-state index contributed by atoms with van der Waals surface area (Å²) in [6, 6.07) is 6.84. The third kappa shape index (κ3) is 4.56. The van der Waals surface area contributed by atoms with Crippen molar-refractivity contribution in [2.45, 2.75) is 31.6 Å². The van der Waals surface area contributed by atoms with Crippen molar-refractivity contribution < 1.29 is 23.8 Å². The number of hydrogen-bond acceptors (Lipinski definition) is 6. The van der Waals surface area contributed by atoms with E-state index in [1.165, 1.54) is 7.11 Å². The number of rotatable bonds is 5. The second-order valence-corrected chi connectivity index (χ2v) is 6.26. The Morgan fingerprint density at radius 3 is 2.84 bits per heavy atom. The number of piperidine rings is 1. The normalized spacial score (nSPS) is 21.9. The van der Waals surface area contributed by atoms with Crippen molar-refractivity contribution in [3.8, 4) is 0 Å². The van der Waals surface area contributed by atoms with Crippen LogP contribution in [0.2, 0.25) is 0 Å². The molecule has 7 heteroatoms. The molecule has 0 aromatic heterocycles. The molecule has 136 valence electrons. The fraction of sp³-hybridized carbons (Fsp3) is 0.556. The molecule has 0 saturated carbocycles. The molecule has 1 atom stereocenters. The van der Waals surface area contributed by atoms with E-state index in [9.17, 15) is 9.59 Å². The Balaban J connectivity index is 1.60. The van der Waals surface area contributed by atoms with Gasteiger partial charge in [0, 0.05) is 5.69 Å². The average Bonchev–Trinajstić information content (AvgIpc) is 3.16. The van der Waals surface area contributed by atoms with Gasteiger partial charge >= 0.3 is 5.97 Å². The van der Waals surface area contributed by atoms with Crippen LogP contribution in [0.1, 0.15) is 29.6 Å². The molecule has 2 fully saturated rings. The smallest absolute Gasteiger partial charge is 0.337 e. The molecule has 1 aromatic rings. The zero-order chi connectivity index (χ0) is 17.6. The first kappa shape index (κ1) is 17.8. The molecule has 0 bridgehead atoms. The Hall–Kier alpha value is -1.96. The van der Waals surface area contributed by atoms with Crippen molar-refractivity contribution in [1.29, 1.82) is 0 Å². The molecule has 1 amide bonds. The number of likely N-dealkylation sites (tertiary alicyclic amines) is 1. The van der Waals surface area contributed by atoms with E-state index in [2.05, 4.69) is 10.2 Å². The fourth-order valence-corrected chi connectivity index (χ4v) is 3.35. The summed E-state index contributed by atoms with van der Waals surface area (Å²) in [4.78, 5) is 26.2. The summed E-state index contributed by atoms with van der Waals surface area (Å²) in [5, 5.41) is 2.85. The van der Waals surface area contributed by atoms with Crippen molar-refractivity contribution in [2.24, 2.45) is 0 Å². The van der Waals surface area contributed by atoms with Crippen molar-refractivity contribution in [3.05, 3.63) is 29.8 Å². The van der Waals surface area contributed by atoms with Crippen molar-refractivity contribution in [1.82, 2.24) is 4.90 Å². The van der Waals surface area contributed by atoms with Crippen LogP contribution >= 0.6 is 0 Å². The molecule has 0 spiro atoms. The predicted octanol–water partition coefficient (Wildman–Crippen LogP) is 1.64. The maximum Gasteiger partial charge on any atom is 0.337 e. The van der Waals surface area contributed by atoms with Gasteiger partial charge in [-0.1, -0.05) is 12.5 Å². The van der Waals surface area contributed by atoms with Crippen LogP contribution in [0.4, 0.5) is 5.69 Å². The van der Waals surface area contributed by atoms with Gasteiger partial charge in [0.1, 0.15) is 0 Å². The minimum atomic E-state index is -0.428. The van der Waals surface area contributed by atoms with Gasteiger partial charge in [0.2, 0.25) is 5.91 Å². The predicted molar refractivity (Wildman–Crippen MR) is 91.3 cm³/mol. The molecule has 1 aromatic carbocycles. The van der Waals surface area contributed by atoms with Gasteiger partial charge in [0.05, 0.1) is 38.5 Å². The first-order valence-corrected chi connectivity index (χ1v) is 8.63. The van der Waals surface area contributed by atoms with Crippen molar-refractivity contribution >= 4 is 17.6 Å². The molecular formula is C18H24N2O5. The maximum atomic E-state index is 12.4. The summed E-state index contributed by atoms with van der Waals surface area (Å²) in [5.74, 6) is -0.547. The van der Waals surface area contributed by atoms with Gasteiger partial charge in [0.25, 0.3) is 0 Å². The van der Waals surface area contributed by atoms with Crippen LogP contribution < -0.4 is 5.32 Å². The van der Waals surface area contributed by atoms with Gasteiger partial charge < -0.3 is 19.5 Å². The summed E-state index contributed by atoms with van der Waals surface area (Å²) in [5.41, 5.74) is 0.985. The fourth-order valence-electron chi connectivity index (χ4n) is 3.35. The van der Waals surface area contributed by atoms with Gasteiger partial charge in [-0.3, -0.25) is 9.69 Å². The molecule has 7 nitrogen and oxygen atoms in total. The monoisotopic (exact) mass is 348 g/mol. The van der Waals surface area contributed by atoms with E-state index < -0.39 is 5.97 Å². The standard InChI is InChI=1S/C18H24N2O5/c1-23-17(22)13-5-4-6-14(11-13)19-16(21)12-20-8-3-2-7-15(20)18-24-9-10-25-18/h4-6,11,15,18H,2-3,7-10,12H2,1H3,(H,19,21)/t15-/m0/s1. The van der Waals surface area contributed by atoms with E-state index in [0.29, 0.717) is 24.5 Å². The lowest BCUT2D eigenvalue weighted by Crippen LogP contribution is -2.50. The van der Waals surface area contributed by atoms with Crippen LogP contribution in [0, 0.1) is 0 Å². The van der Waals surface area contributed by atoms with Gasteiger partial charge in [0.15, 0.2) is 6.29 Å². The van der Waals surface area contributed by atoms with Crippen LogP contribution in [-0.2, 0) is 19.0 Å². The highest BCUT2D eigenvalue weighted by atomic mass is 16.7. The molecule has 0 aliphatic carbocycles. The third-order valence-corrected chi connectivity index (χ3v) is 4.54.